The topological polar surface area (TPSA) is 83.6 Å². The lowest BCUT2D eigenvalue weighted by Crippen LogP contribution is -2.54. The summed E-state index contributed by atoms with van der Waals surface area (Å²) in [7, 11) is 0. The van der Waals surface area contributed by atoms with Crippen LogP contribution in [0.3, 0.4) is 0 Å². The molecule has 1 aromatic rings. The van der Waals surface area contributed by atoms with Gasteiger partial charge in [0.15, 0.2) is 0 Å². The second-order valence-corrected chi connectivity index (χ2v) is 6.10. The minimum absolute atomic E-state index is 0.125. The minimum atomic E-state index is -0.914. The first kappa shape index (κ1) is 16.4. The van der Waals surface area contributed by atoms with Crippen molar-refractivity contribution in [1.29, 1.82) is 0 Å². The van der Waals surface area contributed by atoms with Crippen LogP contribution in [0.5, 0.6) is 0 Å². The SMILES string of the molecule is [CH2]CCCCc1cccc2c1C(=O)N(C1CCC(=O)NC1=O)C2=O. The number of nitrogens with zero attached hydrogens (tertiary/aromatic N) is 1. The maximum atomic E-state index is 12.8. The number of hydrogen-bond donors (Lipinski definition) is 1. The molecule has 4 amide bonds. The van der Waals surface area contributed by atoms with E-state index in [4.69, 9.17) is 0 Å². The Balaban J connectivity index is 1.89. The fourth-order valence-electron chi connectivity index (χ4n) is 3.29. The second-order valence-electron chi connectivity index (χ2n) is 6.10. The van der Waals surface area contributed by atoms with Gasteiger partial charge in [-0.25, -0.2) is 0 Å². The zero-order valence-corrected chi connectivity index (χ0v) is 13.3. The van der Waals surface area contributed by atoms with E-state index in [2.05, 4.69) is 12.2 Å². The Morgan fingerprint density at radius 2 is 1.92 bits per heavy atom. The molecule has 1 atom stereocenters. The first-order valence-electron chi connectivity index (χ1n) is 8.17. The highest BCUT2D eigenvalue weighted by atomic mass is 16.2. The number of carbonyl (C=O) groups excluding carboxylic acids is 4. The predicted octanol–water partition coefficient (Wildman–Crippen LogP) is 1.63. The average Bonchev–Trinajstić information content (AvgIpc) is 2.81. The molecule has 2 aliphatic rings. The fourth-order valence-corrected chi connectivity index (χ4v) is 3.29. The molecular weight excluding hydrogens is 308 g/mol. The largest absolute Gasteiger partial charge is 0.295 e. The van der Waals surface area contributed by atoms with Crippen molar-refractivity contribution in [3.8, 4) is 0 Å². The number of fused-ring (bicyclic) bond motifs is 1. The molecule has 6 nitrogen and oxygen atoms in total. The predicted molar refractivity (Wildman–Crippen MR) is 86.0 cm³/mol. The van der Waals surface area contributed by atoms with Gasteiger partial charge in [0.1, 0.15) is 6.04 Å². The average molecular weight is 327 g/mol. The minimum Gasteiger partial charge on any atom is -0.295 e. The number of amides is 4. The van der Waals surface area contributed by atoms with Gasteiger partial charge in [-0.2, -0.15) is 0 Å². The normalized spacial score (nSPS) is 20.4. The van der Waals surface area contributed by atoms with Crippen molar-refractivity contribution in [2.45, 2.75) is 44.6 Å². The third kappa shape index (κ3) is 2.72. The Morgan fingerprint density at radius 3 is 2.62 bits per heavy atom. The van der Waals surface area contributed by atoms with Gasteiger partial charge in [0.25, 0.3) is 11.8 Å². The molecule has 1 radical (unpaired) electrons. The van der Waals surface area contributed by atoms with Crippen molar-refractivity contribution in [3.05, 3.63) is 41.8 Å². The molecule has 1 N–H and O–H groups in total. The van der Waals surface area contributed by atoms with E-state index in [1.54, 1.807) is 12.1 Å². The van der Waals surface area contributed by atoms with E-state index in [1.165, 1.54) is 0 Å². The van der Waals surface area contributed by atoms with E-state index < -0.39 is 23.8 Å². The van der Waals surface area contributed by atoms with E-state index in [0.29, 0.717) is 17.5 Å². The van der Waals surface area contributed by atoms with Gasteiger partial charge in [0, 0.05) is 6.42 Å². The first-order valence-corrected chi connectivity index (χ1v) is 8.17. The summed E-state index contributed by atoms with van der Waals surface area (Å²) in [5, 5.41) is 2.20. The molecule has 0 bridgehead atoms. The summed E-state index contributed by atoms with van der Waals surface area (Å²) in [5.74, 6) is -1.85. The summed E-state index contributed by atoms with van der Waals surface area (Å²) < 4.78 is 0. The van der Waals surface area contributed by atoms with Gasteiger partial charge >= 0.3 is 0 Å². The summed E-state index contributed by atoms with van der Waals surface area (Å²) >= 11 is 0. The Morgan fingerprint density at radius 1 is 1.12 bits per heavy atom. The van der Waals surface area contributed by atoms with Crippen LogP contribution in [0.4, 0.5) is 0 Å². The Labute approximate surface area is 140 Å². The lowest BCUT2D eigenvalue weighted by molar-refractivity contribution is -0.136. The third-order valence-electron chi connectivity index (χ3n) is 4.50. The van der Waals surface area contributed by atoms with E-state index in [0.717, 1.165) is 29.7 Å². The number of rotatable bonds is 5. The van der Waals surface area contributed by atoms with Crippen LogP contribution < -0.4 is 5.32 Å². The van der Waals surface area contributed by atoms with Crippen LogP contribution in [0.15, 0.2) is 18.2 Å². The van der Waals surface area contributed by atoms with Crippen LogP contribution in [0, 0.1) is 6.92 Å². The number of hydrogen-bond acceptors (Lipinski definition) is 4. The molecule has 125 valence electrons. The molecule has 2 aliphatic heterocycles. The van der Waals surface area contributed by atoms with Crippen molar-refractivity contribution < 1.29 is 19.2 Å². The molecule has 0 spiro atoms. The molecule has 0 aliphatic carbocycles. The quantitative estimate of drug-likeness (QED) is 0.658. The van der Waals surface area contributed by atoms with E-state index in [1.807, 2.05) is 6.07 Å². The smallest absolute Gasteiger partial charge is 0.262 e. The Hall–Kier alpha value is -2.50. The Kier molecular flexibility index (Phi) is 4.46. The second kappa shape index (κ2) is 6.55. The third-order valence-corrected chi connectivity index (χ3v) is 4.50. The van der Waals surface area contributed by atoms with Crippen LogP contribution in [0.25, 0.3) is 0 Å². The van der Waals surface area contributed by atoms with Crippen LogP contribution in [0.2, 0.25) is 0 Å². The molecule has 1 unspecified atom stereocenters. The molecule has 1 saturated heterocycles. The number of aryl methyl sites for hydroxylation is 1. The number of carbonyl (C=O) groups is 4. The lowest BCUT2D eigenvalue weighted by atomic mass is 9.98. The summed E-state index contributed by atoms with van der Waals surface area (Å²) in [5.41, 5.74) is 1.57. The number of imide groups is 2. The van der Waals surface area contributed by atoms with E-state index in [9.17, 15) is 19.2 Å². The lowest BCUT2D eigenvalue weighted by Gasteiger charge is -2.27. The van der Waals surface area contributed by atoms with Crippen molar-refractivity contribution in [1.82, 2.24) is 10.2 Å². The molecule has 0 aromatic heterocycles. The monoisotopic (exact) mass is 327 g/mol. The molecule has 0 saturated carbocycles. The zero-order valence-electron chi connectivity index (χ0n) is 13.3. The van der Waals surface area contributed by atoms with Gasteiger partial charge < -0.3 is 0 Å². The maximum absolute atomic E-state index is 12.8. The maximum Gasteiger partial charge on any atom is 0.262 e. The van der Waals surface area contributed by atoms with Gasteiger partial charge in [-0.05, 0) is 30.9 Å². The summed E-state index contributed by atoms with van der Waals surface area (Å²) in [6.07, 6.45) is 3.65. The standard InChI is InChI=1S/C18H19N2O4/c1-2-3-4-6-11-7-5-8-12-15(11)18(24)20(17(12)23)13-9-10-14(21)19-16(13)22/h5,7-8,13H,1-4,6,9-10H2,(H,19,21,22). The Bertz CT molecular complexity index is 726. The van der Waals surface area contributed by atoms with Crippen LogP contribution in [-0.2, 0) is 16.0 Å². The number of unbranched alkanes of at least 4 members (excludes halogenated alkanes) is 2. The summed E-state index contributed by atoms with van der Waals surface area (Å²) in [6.45, 7) is 3.80. The number of piperidine rings is 1. The van der Waals surface area contributed by atoms with Crippen molar-refractivity contribution in [3.63, 3.8) is 0 Å². The van der Waals surface area contributed by atoms with Gasteiger partial charge in [-0.3, -0.25) is 29.4 Å². The highest BCUT2D eigenvalue weighted by Crippen LogP contribution is 2.30. The van der Waals surface area contributed by atoms with E-state index in [-0.39, 0.29) is 18.7 Å². The van der Waals surface area contributed by atoms with Crippen molar-refractivity contribution in [2.24, 2.45) is 0 Å². The van der Waals surface area contributed by atoms with Crippen molar-refractivity contribution >= 4 is 23.6 Å². The van der Waals surface area contributed by atoms with Crippen LogP contribution >= 0.6 is 0 Å². The van der Waals surface area contributed by atoms with Crippen molar-refractivity contribution in [2.75, 3.05) is 0 Å². The van der Waals surface area contributed by atoms with Gasteiger partial charge in [0.2, 0.25) is 11.8 Å². The molecule has 2 heterocycles. The molecule has 3 rings (SSSR count). The number of nitrogens with one attached hydrogen (secondary N) is 1. The first-order chi connectivity index (χ1) is 11.5. The molecule has 1 aromatic carbocycles. The highest BCUT2D eigenvalue weighted by molar-refractivity contribution is 6.24. The highest BCUT2D eigenvalue weighted by Gasteiger charge is 2.45. The fraction of sp³-hybridized carbons (Fsp3) is 0.389. The van der Waals surface area contributed by atoms with Crippen LogP contribution in [0.1, 0.15) is 58.4 Å². The molecule has 24 heavy (non-hydrogen) atoms. The number of benzene rings is 1. The van der Waals surface area contributed by atoms with Gasteiger partial charge in [-0.15, -0.1) is 0 Å². The summed E-state index contributed by atoms with van der Waals surface area (Å²) in [6, 6.07) is 4.31. The van der Waals surface area contributed by atoms with Gasteiger partial charge in [-0.1, -0.05) is 31.9 Å². The van der Waals surface area contributed by atoms with Gasteiger partial charge in [0.05, 0.1) is 11.1 Å². The molecular formula is C18H19N2O4. The van der Waals surface area contributed by atoms with E-state index >= 15 is 0 Å². The summed E-state index contributed by atoms with van der Waals surface area (Å²) in [4.78, 5) is 49.8. The van der Waals surface area contributed by atoms with Crippen LogP contribution in [-0.4, -0.2) is 34.6 Å². The molecule has 1 fully saturated rings. The zero-order chi connectivity index (χ0) is 17.3. The molecule has 6 heteroatoms.